The monoisotopic (exact) mass is 402 g/mol. The van der Waals surface area contributed by atoms with Crippen LogP contribution in [0.1, 0.15) is 11.0 Å². The quantitative estimate of drug-likeness (QED) is 0.703. The lowest BCUT2D eigenvalue weighted by atomic mass is 10.2. The number of rotatable bonds is 5. The third-order valence-corrected chi connectivity index (χ3v) is 6.41. The summed E-state index contributed by atoms with van der Waals surface area (Å²) in [4.78, 5) is 9.47. The van der Waals surface area contributed by atoms with Crippen molar-refractivity contribution < 1.29 is 4.74 Å². The molecule has 2 heterocycles. The van der Waals surface area contributed by atoms with Crippen molar-refractivity contribution >= 4 is 38.8 Å². The summed E-state index contributed by atoms with van der Waals surface area (Å²) < 4.78 is 6.43. The number of para-hydroxylation sites is 1. The minimum absolute atomic E-state index is 0.0955. The summed E-state index contributed by atoms with van der Waals surface area (Å²) >= 11 is 7.88. The van der Waals surface area contributed by atoms with Crippen LogP contribution in [-0.2, 0) is 0 Å². The molecule has 7 heteroatoms. The first-order valence-electron chi connectivity index (χ1n) is 9.06. The number of hydrogen-bond donors (Lipinski definition) is 1. The Morgan fingerprint density at radius 2 is 1.96 bits per heavy atom. The van der Waals surface area contributed by atoms with Crippen LogP contribution >= 0.6 is 22.9 Å². The first-order chi connectivity index (χ1) is 13.1. The van der Waals surface area contributed by atoms with Gasteiger partial charge in [-0.05, 0) is 24.3 Å². The number of hydrogen-bond acceptors (Lipinski definition) is 6. The van der Waals surface area contributed by atoms with E-state index in [2.05, 4.69) is 26.9 Å². The van der Waals surface area contributed by atoms with Crippen molar-refractivity contribution in [1.29, 1.82) is 0 Å². The van der Waals surface area contributed by atoms with Crippen LogP contribution < -0.4 is 15.4 Å². The molecule has 3 aromatic rings. The maximum atomic E-state index is 6.46. The lowest BCUT2D eigenvalue weighted by Crippen LogP contribution is -2.48. The summed E-state index contributed by atoms with van der Waals surface area (Å²) in [5.41, 5.74) is 8.52. The molecule has 0 amide bonds. The van der Waals surface area contributed by atoms with Gasteiger partial charge in [-0.2, -0.15) is 0 Å². The second-order valence-electron chi connectivity index (χ2n) is 6.73. The molecule has 0 spiro atoms. The van der Waals surface area contributed by atoms with Crippen LogP contribution in [0.25, 0.3) is 10.2 Å². The van der Waals surface area contributed by atoms with Gasteiger partial charge in [0.05, 0.1) is 22.9 Å². The Morgan fingerprint density at radius 1 is 1.19 bits per heavy atom. The zero-order valence-corrected chi connectivity index (χ0v) is 16.8. The topological polar surface area (TPSA) is 54.6 Å². The first kappa shape index (κ1) is 18.5. The normalized spacial score (nSPS) is 16.6. The van der Waals surface area contributed by atoms with Crippen LogP contribution in [0.5, 0.6) is 5.75 Å². The summed E-state index contributed by atoms with van der Waals surface area (Å²) in [5.74, 6) is 0.895. The van der Waals surface area contributed by atoms with Gasteiger partial charge in [0.15, 0.2) is 0 Å². The van der Waals surface area contributed by atoms with Gasteiger partial charge >= 0.3 is 0 Å². The number of aromatic nitrogens is 1. The molecule has 1 aliphatic heterocycles. The molecule has 1 unspecified atom stereocenters. The van der Waals surface area contributed by atoms with Crippen molar-refractivity contribution in [1.82, 2.24) is 9.88 Å². The van der Waals surface area contributed by atoms with Gasteiger partial charge in [0.25, 0.3) is 0 Å². The Bertz CT molecular complexity index is 923. The Labute approximate surface area is 168 Å². The molecule has 0 bridgehead atoms. The van der Waals surface area contributed by atoms with E-state index in [0.29, 0.717) is 5.02 Å². The van der Waals surface area contributed by atoms with E-state index in [1.54, 1.807) is 18.4 Å². The van der Waals surface area contributed by atoms with Gasteiger partial charge in [0, 0.05) is 44.5 Å². The summed E-state index contributed by atoms with van der Waals surface area (Å²) in [6.07, 6.45) is 0. The zero-order chi connectivity index (χ0) is 18.8. The number of benzene rings is 2. The van der Waals surface area contributed by atoms with E-state index in [4.69, 9.17) is 22.1 Å². The maximum absolute atomic E-state index is 6.46. The van der Waals surface area contributed by atoms with Crippen LogP contribution in [0.3, 0.4) is 0 Å². The highest BCUT2D eigenvalue weighted by molar-refractivity contribution is 7.18. The molecule has 0 radical (unpaired) electrons. The summed E-state index contributed by atoms with van der Waals surface area (Å²) in [6, 6.07) is 14.0. The average molecular weight is 403 g/mol. The SMILES string of the molecule is COc1cccc(N2CCN(CC(N)c3nc4c(Cl)cccc4s3)CC2)c1. The van der Waals surface area contributed by atoms with E-state index in [1.807, 2.05) is 30.3 Å². The molecule has 4 rings (SSSR count). The predicted octanol–water partition coefficient (Wildman–Crippen LogP) is 3.78. The lowest BCUT2D eigenvalue weighted by molar-refractivity contribution is 0.243. The van der Waals surface area contributed by atoms with Crippen molar-refractivity contribution in [3.63, 3.8) is 0 Å². The van der Waals surface area contributed by atoms with Crippen LogP contribution in [0.4, 0.5) is 5.69 Å². The summed E-state index contributed by atoms with van der Waals surface area (Å²) in [5, 5.41) is 1.64. The Kier molecular flexibility index (Phi) is 5.50. The second-order valence-corrected chi connectivity index (χ2v) is 8.20. The van der Waals surface area contributed by atoms with Gasteiger partial charge in [0.1, 0.15) is 16.3 Å². The van der Waals surface area contributed by atoms with Crippen LogP contribution in [0.2, 0.25) is 5.02 Å². The molecule has 142 valence electrons. The average Bonchev–Trinajstić information content (AvgIpc) is 3.15. The number of ether oxygens (including phenoxy) is 1. The largest absolute Gasteiger partial charge is 0.497 e. The molecule has 1 atom stereocenters. The van der Waals surface area contributed by atoms with Crippen molar-refractivity contribution in [3.8, 4) is 5.75 Å². The highest BCUT2D eigenvalue weighted by atomic mass is 35.5. The third kappa shape index (κ3) is 4.04. The Balaban J connectivity index is 1.37. The molecule has 1 aromatic heterocycles. The highest BCUT2D eigenvalue weighted by Gasteiger charge is 2.21. The maximum Gasteiger partial charge on any atom is 0.120 e. The number of methoxy groups -OCH3 is 1. The highest BCUT2D eigenvalue weighted by Crippen LogP contribution is 2.30. The fourth-order valence-electron chi connectivity index (χ4n) is 3.44. The summed E-state index contributed by atoms with van der Waals surface area (Å²) in [7, 11) is 1.70. The predicted molar refractivity (Wildman–Crippen MR) is 113 cm³/mol. The number of halogens is 1. The molecule has 1 aliphatic rings. The van der Waals surface area contributed by atoms with E-state index in [9.17, 15) is 0 Å². The van der Waals surface area contributed by atoms with E-state index in [0.717, 1.165) is 53.7 Å². The van der Waals surface area contributed by atoms with Crippen LogP contribution in [0, 0.1) is 0 Å². The van der Waals surface area contributed by atoms with Gasteiger partial charge in [0.2, 0.25) is 0 Å². The smallest absolute Gasteiger partial charge is 0.120 e. The first-order valence-corrected chi connectivity index (χ1v) is 10.3. The van der Waals surface area contributed by atoms with Crippen LogP contribution in [-0.4, -0.2) is 49.7 Å². The Morgan fingerprint density at radius 3 is 2.70 bits per heavy atom. The summed E-state index contributed by atoms with van der Waals surface area (Å²) in [6.45, 7) is 4.73. The van der Waals surface area contributed by atoms with E-state index < -0.39 is 0 Å². The fourth-order valence-corrected chi connectivity index (χ4v) is 4.70. The number of anilines is 1. The second kappa shape index (κ2) is 8.02. The van der Waals surface area contributed by atoms with Gasteiger partial charge < -0.3 is 15.4 Å². The zero-order valence-electron chi connectivity index (χ0n) is 15.3. The third-order valence-electron chi connectivity index (χ3n) is 4.95. The fraction of sp³-hybridized carbons (Fsp3) is 0.350. The molecule has 27 heavy (non-hydrogen) atoms. The van der Waals surface area contributed by atoms with Crippen molar-refractivity contribution in [2.75, 3.05) is 44.7 Å². The number of thiazole rings is 1. The molecule has 0 aliphatic carbocycles. The number of nitrogens with two attached hydrogens (primary N) is 1. The van der Waals surface area contributed by atoms with Crippen LogP contribution in [0.15, 0.2) is 42.5 Å². The van der Waals surface area contributed by atoms with E-state index in [-0.39, 0.29) is 6.04 Å². The molecule has 2 N–H and O–H groups in total. The minimum atomic E-state index is -0.0955. The number of piperazine rings is 1. The van der Waals surface area contributed by atoms with E-state index >= 15 is 0 Å². The molecule has 1 fully saturated rings. The van der Waals surface area contributed by atoms with Crippen molar-refractivity contribution in [2.45, 2.75) is 6.04 Å². The number of fused-ring (bicyclic) bond motifs is 1. The number of nitrogens with zero attached hydrogens (tertiary/aromatic N) is 3. The van der Waals surface area contributed by atoms with Gasteiger partial charge in [-0.25, -0.2) is 4.98 Å². The van der Waals surface area contributed by atoms with E-state index in [1.165, 1.54) is 5.69 Å². The minimum Gasteiger partial charge on any atom is -0.497 e. The van der Waals surface area contributed by atoms with Gasteiger partial charge in [-0.1, -0.05) is 23.7 Å². The molecule has 5 nitrogen and oxygen atoms in total. The standard InChI is InChI=1S/C20H23ClN4OS/c1-26-15-5-2-4-14(12-15)25-10-8-24(9-11-25)13-17(22)20-23-19-16(21)6-3-7-18(19)27-20/h2-7,12,17H,8-11,13,22H2,1H3. The van der Waals surface area contributed by atoms with Crippen molar-refractivity contribution in [3.05, 3.63) is 52.5 Å². The molecular formula is C20H23ClN4OS. The van der Waals surface area contributed by atoms with Gasteiger partial charge in [-0.3, -0.25) is 4.90 Å². The molecular weight excluding hydrogens is 380 g/mol. The van der Waals surface area contributed by atoms with Crippen molar-refractivity contribution in [2.24, 2.45) is 5.73 Å². The molecule has 0 saturated carbocycles. The lowest BCUT2D eigenvalue weighted by Gasteiger charge is -2.37. The van der Waals surface area contributed by atoms with Gasteiger partial charge in [-0.15, -0.1) is 11.3 Å². The molecule has 1 saturated heterocycles. The molecule has 2 aromatic carbocycles. The Hall–Kier alpha value is -1.86.